The minimum atomic E-state index is -1.32. The van der Waals surface area contributed by atoms with Crippen LogP contribution in [0.15, 0.2) is 133 Å². The fourth-order valence-electron chi connectivity index (χ4n) is 6.98. The van der Waals surface area contributed by atoms with Crippen molar-refractivity contribution in [2.24, 2.45) is 0 Å². The molecule has 7 rings (SSSR count). The molecule has 61 heavy (non-hydrogen) atoms. The van der Waals surface area contributed by atoms with Crippen molar-refractivity contribution in [2.45, 2.75) is 82.6 Å². The predicted octanol–water partition coefficient (Wildman–Crippen LogP) is 5.61. The summed E-state index contributed by atoms with van der Waals surface area (Å²) >= 11 is 0. The first-order valence-electron chi connectivity index (χ1n) is 20.4. The zero-order chi connectivity index (χ0) is 43.4. The molecule has 1 unspecified atom stereocenters. The van der Waals surface area contributed by atoms with Gasteiger partial charge in [0.15, 0.2) is 6.61 Å². The molecular formula is C49H52N4O8. The molecule has 0 aliphatic carbocycles. The largest absolute Gasteiger partial charge is 0.488 e. The highest BCUT2D eigenvalue weighted by atomic mass is 16.5. The van der Waals surface area contributed by atoms with Gasteiger partial charge < -0.3 is 35.8 Å². The number of ether oxygens (including phenoxy) is 2. The van der Waals surface area contributed by atoms with Crippen LogP contribution in [-0.4, -0.2) is 71.1 Å². The third-order valence-corrected chi connectivity index (χ3v) is 10.1. The number of nitrogens with one attached hydrogen (secondary N) is 4. The average molecular weight is 825 g/mol. The van der Waals surface area contributed by atoms with E-state index in [1.807, 2.05) is 118 Å². The van der Waals surface area contributed by atoms with Gasteiger partial charge in [0.1, 0.15) is 41.3 Å². The Hall–Kier alpha value is -6.95. The van der Waals surface area contributed by atoms with Gasteiger partial charge >= 0.3 is 5.97 Å². The standard InChI is InChI=1S/C49H52N4O8/c1-49(2,3)61-39-25-18-34(19-26-39)28-41-46(56)52-42(29-33-14-21-37(22-15-33)36-12-8-5-9-13-36)47(57)51-40(27-20-32-10-6-4-7-11-32)45(55)53-43(48(58)59)30-35-16-23-38(24-17-35)60-31-44(54)50-41/h4-19,21-26,40-43H,20,27-31H2,1-3H3,(H,50,54)(H,51,57)(H,52,56)(H,53,55)(H,58,59)/t40?,41-,42+,43-/m0/s1. The molecule has 5 aromatic carbocycles. The Labute approximate surface area is 356 Å². The van der Waals surface area contributed by atoms with Crippen LogP contribution < -0.4 is 30.7 Å². The van der Waals surface area contributed by atoms with Crippen molar-refractivity contribution in [3.05, 3.63) is 156 Å². The number of carbonyl (C=O) groups is 5. The third kappa shape index (κ3) is 13.3. The van der Waals surface area contributed by atoms with Gasteiger partial charge in [-0.3, -0.25) is 19.2 Å². The molecule has 0 aromatic heterocycles. The number of rotatable bonds is 10. The molecule has 0 spiro atoms. The first kappa shape index (κ1) is 43.6. The lowest BCUT2D eigenvalue weighted by Gasteiger charge is -2.26. The summed E-state index contributed by atoms with van der Waals surface area (Å²) < 4.78 is 11.7. The molecular weight excluding hydrogens is 773 g/mol. The lowest BCUT2D eigenvalue weighted by molar-refractivity contribution is -0.142. The molecule has 4 amide bonds. The number of amides is 4. The lowest BCUT2D eigenvalue weighted by atomic mass is 9.98. The van der Waals surface area contributed by atoms with Gasteiger partial charge in [-0.1, -0.05) is 109 Å². The summed E-state index contributed by atoms with van der Waals surface area (Å²) in [6.07, 6.45) is 0.586. The Morgan fingerprint density at radius 3 is 1.74 bits per heavy atom. The maximum absolute atomic E-state index is 14.5. The summed E-state index contributed by atoms with van der Waals surface area (Å²) in [5, 5.41) is 21.3. The molecule has 0 radical (unpaired) electrons. The van der Waals surface area contributed by atoms with Crippen molar-refractivity contribution in [1.29, 1.82) is 0 Å². The summed E-state index contributed by atoms with van der Waals surface area (Å²) in [5.74, 6) is -2.83. The Balaban J connectivity index is 1.34. The second-order valence-electron chi connectivity index (χ2n) is 16.1. The summed E-state index contributed by atoms with van der Waals surface area (Å²) in [7, 11) is 0. The molecule has 5 N–H and O–H groups in total. The van der Waals surface area contributed by atoms with Crippen LogP contribution in [0.4, 0.5) is 0 Å². The van der Waals surface area contributed by atoms with E-state index in [0.29, 0.717) is 23.5 Å². The van der Waals surface area contributed by atoms with Crippen molar-refractivity contribution in [3.63, 3.8) is 0 Å². The number of fused-ring (bicyclic) bond motifs is 16. The summed E-state index contributed by atoms with van der Waals surface area (Å²) in [6.45, 7) is 5.40. The molecule has 316 valence electrons. The minimum Gasteiger partial charge on any atom is -0.488 e. The molecule has 4 atom stereocenters. The van der Waals surface area contributed by atoms with Gasteiger partial charge in [-0.05, 0) is 91.3 Å². The van der Waals surface area contributed by atoms with E-state index in [1.165, 1.54) is 0 Å². The predicted molar refractivity (Wildman–Crippen MR) is 232 cm³/mol. The smallest absolute Gasteiger partial charge is 0.326 e. The van der Waals surface area contributed by atoms with E-state index < -0.39 is 66.0 Å². The lowest BCUT2D eigenvalue weighted by Crippen LogP contribution is -2.59. The Morgan fingerprint density at radius 2 is 1.15 bits per heavy atom. The number of aryl methyl sites for hydroxylation is 1. The molecule has 0 fully saturated rings. The van der Waals surface area contributed by atoms with E-state index in [4.69, 9.17) is 9.47 Å². The van der Waals surface area contributed by atoms with Gasteiger partial charge in [0.25, 0.3) is 5.91 Å². The maximum Gasteiger partial charge on any atom is 0.326 e. The van der Waals surface area contributed by atoms with Gasteiger partial charge in [-0.2, -0.15) is 0 Å². The highest BCUT2D eigenvalue weighted by molar-refractivity contribution is 5.95. The minimum absolute atomic E-state index is 0.0357. The number of hydrogen-bond acceptors (Lipinski definition) is 7. The van der Waals surface area contributed by atoms with E-state index in [1.54, 1.807) is 36.4 Å². The van der Waals surface area contributed by atoms with Crippen LogP contribution in [0.1, 0.15) is 49.4 Å². The van der Waals surface area contributed by atoms with Crippen LogP contribution in [0.2, 0.25) is 0 Å². The van der Waals surface area contributed by atoms with E-state index in [0.717, 1.165) is 27.8 Å². The Bertz CT molecular complexity index is 2260. The highest BCUT2D eigenvalue weighted by Crippen LogP contribution is 2.22. The number of carboxylic acids is 1. The van der Waals surface area contributed by atoms with Crippen molar-refractivity contribution < 1.29 is 38.6 Å². The van der Waals surface area contributed by atoms with Crippen LogP contribution in [0.5, 0.6) is 11.5 Å². The SMILES string of the molecule is CC(C)(C)Oc1ccc(C[C@@H]2NC(=O)COc3ccc(cc3)C[C@@H](C(=O)O)NC(=O)C(CCc3ccccc3)NC(=O)[C@@H](Cc3ccc(-c4ccccc4)cc3)NC2=O)cc1. The molecule has 0 saturated heterocycles. The van der Waals surface area contributed by atoms with Gasteiger partial charge in [0.2, 0.25) is 17.7 Å². The van der Waals surface area contributed by atoms with Gasteiger partial charge in [-0.25, -0.2) is 4.79 Å². The Kier molecular flexibility index (Phi) is 14.5. The van der Waals surface area contributed by atoms with E-state index in [9.17, 15) is 29.1 Å². The number of carboxylic acid groups (broad SMARTS) is 1. The quantitative estimate of drug-likeness (QED) is 0.113. The number of carbonyl (C=O) groups excluding carboxylic acids is 4. The van der Waals surface area contributed by atoms with Crippen molar-refractivity contribution in [1.82, 2.24) is 21.3 Å². The molecule has 2 heterocycles. The second-order valence-corrected chi connectivity index (χ2v) is 16.1. The van der Waals surface area contributed by atoms with Crippen LogP contribution in [0.3, 0.4) is 0 Å². The first-order valence-corrected chi connectivity index (χ1v) is 20.4. The number of hydrogen-bond donors (Lipinski definition) is 5. The second kappa shape index (κ2) is 20.3. The molecule has 5 aromatic rings. The number of benzene rings is 5. The molecule has 2 aliphatic rings. The monoisotopic (exact) mass is 824 g/mol. The first-order chi connectivity index (χ1) is 29.3. The van der Waals surface area contributed by atoms with Crippen molar-refractivity contribution in [3.8, 4) is 22.6 Å². The zero-order valence-corrected chi connectivity index (χ0v) is 34.6. The topological polar surface area (TPSA) is 172 Å². The molecule has 12 nitrogen and oxygen atoms in total. The van der Waals surface area contributed by atoms with Gasteiger partial charge in [0.05, 0.1) is 0 Å². The summed E-state index contributed by atoms with van der Waals surface area (Å²) in [4.78, 5) is 68.8. The summed E-state index contributed by atoms with van der Waals surface area (Å²) in [6, 6.07) is 35.7. The van der Waals surface area contributed by atoms with Crippen LogP contribution in [0.25, 0.3) is 11.1 Å². The van der Waals surface area contributed by atoms with Crippen LogP contribution >= 0.6 is 0 Å². The fourth-order valence-corrected chi connectivity index (χ4v) is 6.98. The molecule has 2 aliphatic heterocycles. The van der Waals surface area contributed by atoms with Crippen molar-refractivity contribution in [2.75, 3.05) is 6.61 Å². The van der Waals surface area contributed by atoms with E-state index >= 15 is 0 Å². The fraction of sp³-hybridized carbons (Fsp3) is 0.286. The van der Waals surface area contributed by atoms with Crippen LogP contribution in [0, 0.1) is 0 Å². The van der Waals surface area contributed by atoms with Crippen LogP contribution in [-0.2, 0) is 49.7 Å². The normalized spacial score (nSPS) is 19.1. The average Bonchev–Trinajstić information content (AvgIpc) is 3.24. The van der Waals surface area contributed by atoms with E-state index in [-0.39, 0.29) is 25.7 Å². The van der Waals surface area contributed by atoms with Gasteiger partial charge in [-0.15, -0.1) is 0 Å². The highest BCUT2D eigenvalue weighted by Gasteiger charge is 2.32. The zero-order valence-electron chi connectivity index (χ0n) is 34.6. The van der Waals surface area contributed by atoms with Crippen molar-refractivity contribution >= 4 is 29.6 Å². The molecule has 12 heteroatoms. The number of aliphatic carboxylic acids is 1. The molecule has 2 bridgehead atoms. The van der Waals surface area contributed by atoms with Gasteiger partial charge in [0, 0.05) is 19.3 Å². The third-order valence-electron chi connectivity index (χ3n) is 10.1. The molecule has 0 saturated carbocycles. The maximum atomic E-state index is 14.5. The van der Waals surface area contributed by atoms with E-state index in [2.05, 4.69) is 21.3 Å². The summed E-state index contributed by atoms with van der Waals surface area (Å²) in [5.41, 5.74) is 4.50. The Morgan fingerprint density at radius 1 is 0.623 bits per heavy atom.